The lowest BCUT2D eigenvalue weighted by atomic mass is 10.1. The van der Waals surface area contributed by atoms with Crippen LogP contribution in [0.15, 0.2) is 18.2 Å². The Hall–Kier alpha value is -2.07. The molecule has 1 unspecified atom stereocenters. The van der Waals surface area contributed by atoms with Crippen molar-refractivity contribution in [2.24, 2.45) is 11.7 Å². The molecule has 7 heteroatoms. The lowest BCUT2D eigenvalue weighted by Gasteiger charge is -2.21. The Morgan fingerprint density at radius 3 is 2.65 bits per heavy atom. The van der Waals surface area contributed by atoms with Gasteiger partial charge in [-0.1, -0.05) is 0 Å². The first-order chi connectivity index (χ1) is 9.36. The molecule has 4 nitrogen and oxygen atoms in total. The average molecular weight is 283 g/mol. The maximum atomic E-state index is 13.1. The number of hydrogen-bond donors (Lipinski definition) is 1. The number of rotatable bonds is 2. The molecule has 1 saturated heterocycles. The molecule has 1 atom stereocenters. The molecule has 106 valence electrons. The lowest BCUT2D eigenvalue weighted by Crippen LogP contribution is -2.28. The number of halogens is 3. The molecule has 20 heavy (non-hydrogen) atoms. The van der Waals surface area contributed by atoms with Gasteiger partial charge in [-0.15, -0.1) is 0 Å². The highest BCUT2D eigenvalue weighted by atomic mass is 19.4. The summed E-state index contributed by atoms with van der Waals surface area (Å²) in [4.78, 5) is 12.9. The van der Waals surface area contributed by atoms with Gasteiger partial charge in [-0.3, -0.25) is 4.79 Å². The number of nitriles is 1. The number of nitrogens with two attached hydrogens (primary N) is 1. The van der Waals surface area contributed by atoms with Crippen LogP contribution < -0.4 is 10.6 Å². The fourth-order valence-corrected chi connectivity index (χ4v) is 2.24. The van der Waals surface area contributed by atoms with Gasteiger partial charge in [-0.2, -0.15) is 18.4 Å². The number of nitrogens with zero attached hydrogens (tertiary/aromatic N) is 2. The first kappa shape index (κ1) is 14.3. The van der Waals surface area contributed by atoms with Gasteiger partial charge in [0.05, 0.1) is 22.9 Å². The summed E-state index contributed by atoms with van der Waals surface area (Å²) >= 11 is 0. The summed E-state index contributed by atoms with van der Waals surface area (Å²) in [6.45, 7) is 0.421. The minimum atomic E-state index is -4.62. The molecule has 0 spiro atoms. The highest BCUT2D eigenvalue weighted by Crippen LogP contribution is 2.39. The second-order valence-corrected chi connectivity index (χ2v) is 4.65. The minimum absolute atomic E-state index is 0.0944. The smallest absolute Gasteiger partial charge is 0.330 e. The minimum Gasteiger partial charge on any atom is -0.330 e. The number of benzene rings is 1. The van der Waals surface area contributed by atoms with Crippen molar-refractivity contribution >= 4 is 11.6 Å². The van der Waals surface area contributed by atoms with Crippen LogP contribution >= 0.6 is 0 Å². The molecule has 2 rings (SSSR count). The molecule has 1 aliphatic heterocycles. The normalized spacial score (nSPS) is 19.2. The third-order valence-electron chi connectivity index (χ3n) is 3.26. The number of amides is 1. The van der Waals surface area contributed by atoms with Gasteiger partial charge in [0.1, 0.15) is 0 Å². The van der Waals surface area contributed by atoms with E-state index < -0.39 is 11.7 Å². The van der Waals surface area contributed by atoms with E-state index in [1.165, 1.54) is 6.07 Å². The molecule has 1 amide bonds. The second kappa shape index (κ2) is 5.13. The number of alkyl halides is 3. The van der Waals surface area contributed by atoms with Gasteiger partial charge in [-0.05, 0) is 30.7 Å². The Labute approximate surface area is 113 Å². The molecule has 1 heterocycles. The fourth-order valence-electron chi connectivity index (χ4n) is 2.24. The zero-order chi connectivity index (χ0) is 14.9. The maximum Gasteiger partial charge on any atom is 0.418 e. The van der Waals surface area contributed by atoms with Crippen LogP contribution in [0, 0.1) is 17.2 Å². The zero-order valence-corrected chi connectivity index (χ0v) is 10.4. The van der Waals surface area contributed by atoms with Crippen molar-refractivity contribution < 1.29 is 18.0 Å². The van der Waals surface area contributed by atoms with E-state index in [2.05, 4.69) is 0 Å². The Morgan fingerprint density at radius 1 is 1.45 bits per heavy atom. The number of anilines is 1. The van der Waals surface area contributed by atoms with E-state index >= 15 is 0 Å². The molecule has 1 aromatic rings. The van der Waals surface area contributed by atoms with Gasteiger partial charge in [-0.25, -0.2) is 0 Å². The van der Waals surface area contributed by atoms with Gasteiger partial charge in [0, 0.05) is 13.0 Å². The number of hydrogen-bond acceptors (Lipinski definition) is 3. The predicted molar refractivity (Wildman–Crippen MR) is 65.7 cm³/mol. The Kier molecular flexibility index (Phi) is 3.68. The van der Waals surface area contributed by atoms with Gasteiger partial charge in [0.25, 0.3) is 0 Å². The van der Waals surface area contributed by atoms with E-state index in [0.717, 1.165) is 17.0 Å². The molecule has 0 aromatic heterocycles. The van der Waals surface area contributed by atoms with Crippen LogP contribution in [-0.2, 0) is 11.0 Å². The Morgan fingerprint density at radius 2 is 2.15 bits per heavy atom. The first-order valence-electron chi connectivity index (χ1n) is 5.98. The average Bonchev–Trinajstić information content (AvgIpc) is 2.78. The van der Waals surface area contributed by atoms with Gasteiger partial charge < -0.3 is 10.6 Å². The molecule has 1 aliphatic rings. The summed E-state index contributed by atoms with van der Waals surface area (Å²) in [7, 11) is 0. The van der Waals surface area contributed by atoms with Crippen LogP contribution in [0.2, 0.25) is 0 Å². The van der Waals surface area contributed by atoms with Crippen LogP contribution in [-0.4, -0.2) is 19.0 Å². The SMILES string of the molecule is N#Cc1ccc(N2CC(CN)CC2=O)c(C(F)(F)F)c1. The molecule has 0 bridgehead atoms. The van der Waals surface area contributed by atoms with E-state index in [0.29, 0.717) is 0 Å². The van der Waals surface area contributed by atoms with E-state index in [1.807, 2.05) is 0 Å². The van der Waals surface area contributed by atoms with Crippen LogP contribution in [0.5, 0.6) is 0 Å². The standard InChI is InChI=1S/C13H12F3N3O/c14-13(15,16)10-3-8(5-17)1-2-11(10)19-7-9(6-18)4-12(19)20/h1-3,9H,4,6-7,18H2. The molecule has 1 aromatic carbocycles. The molecule has 2 N–H and O–H groups in total. The van der Waals surface area contributed by atoms with Crippen molar-refractivity contribution in [3.63, 3.8) is 0 Å². The molecular weight excluding hydrogens is 271 g/mol. The van der Waals surface area contributed by atoms with Crippen molar-refractivity contribution in [2.75, 3.05) is 18.0 Å². The third kappa shape index (κ3) is 2.60. The topological polar surface area (TPSA) is 70.1 Å². The molecule has 0 aliphatic carbocycles. The third-order valence-corrected chi connectivity index (χ3v) is 3.26. The quantitative estimate of drug-likeness (QED) is 0.901. The Balaban J connectivity index is 2.47. The summed E-state index contributed by atoms with van der Waals surface area (Å²) in [6.07, 6.45) is -4.48. The van der Waals surface area contributed by atoms with Crippen LogP contribution in [0.1, 0.15) is 17.5 Å². The molecular formula is C13H12F3N3O. The summed E-state index contributed by atoms with van der Waals surface area (Å²) in [5.74, 6) is -0.519. The highest BCUT2D eigenvalue weighted by molar-refractivity contribution is 5.96. The Bertz CT molecular complexity index is 577. The lowest BCUT2D eigenvalue weighted by molar-refractivity contribution is -0.137. The summed E-state index contributed by atoms with van der Waals surface area (Å²) < 4.78 is 39.2. The molecule has 0 radical (unpaired) electrons. The predicted octanol–water partition coefficient (Wildman–Crippen LogP) is 1.89. The van der Waals surface area contributed by atoms with Crippen LogP contribution in [0.3, 0.4) is 0 Å². The van der Waals surface area contributed by atoms with E-state index in [1.54, 1.807) is 6.07 Å². The summed E-state index contributed by atoms with van der Waals surface area (Å²) in [5, 5.41) is 8.70. The van der Waals surface area contributed by atoms with Gasteiger partial charge >= 0.3 is 6.18 Å². The number of carbonyl (C=O) groups excluding carboxylic acids is 1. The first-order valence-corrected chi connectivity index (χ1v) is 5.98. The fraction of sp³-hybridized carbons (Fsp3) is 0.385. The zero-order valence-electron chi connectivity index (χ0n) is 10.4. The molecule has 1 fully saturated rings. The van der Waals surface area contributed by atoms with Gasteiger partial charge in [0.2, 0.25) is 5.91 Å². The monoisotopic (exact) mass is 283 g/mol. The van der Waals surface area contributed by atoms with Crippen LogP contribution in [0.25, 0.3) is 0 Å². The van der Waals surface area contributed by atoms with Crippen molar-refractivity contribution in [2.45, 2.75) is 12.6 Å². The highest BCUT2D eigenvalue weighted by Gasteiger charge is 2.39. The summed E-state index contributed by atoms with van der Waals surface area (Å²) in [5.41, 5.74) is 4.19. The van der Waals surface area contributed by atoms with Crippen molar-refractivity contribution in [3.8, 4) is 6.07 Å². The van der Waals surface area contributed by atoms with E-state index in [4.69, 9.17) is 11.0 Å². The van der Waals surface area contributed by atoms with Crippen molar-refractivity contribution in [1.29, 1.82) is 5.26 Å². The van der Waals surface area contributed by atoms with Crippen LogP contribution in [0.4, 0.5) is 18.9 Å². The van der Waals surface area contributed by atoms with Crippen molar-refractivity contribution in [3.05, 3.63) is 29.3 Å². The number of carbonyl (C=O) groups is 1. The van der Waals surface area contributed by atoms with E-state index in [-0.39, 0.29) is 42.6 Å². The maximum absolute atomic E-state index is 13.1. The van der Waals surface area contributed by atoms with Crippen molar-refractivity contribution in [1.82, 2.24) is 0 Å². The second-order valence-electron chi connectivity index (χ2n) is 4.65. The summed E-state index contributed by atoms with van der Waals surface area (Å²) in [6, 6.07) is 4.86. The molecule has 0 saturated carbocycles. The largest absolute Gasteiger partial charge is 0.418 e. The van der Waals surface area contributed by atoms with E-state index in [9.17, 15) is 18.0 Å². The van der Waals surface area contributed by atoms with Gasteiger partial charge in [0.15, 0.2) is 0 Å².